The number of anilines is 3. The van der Waals surface area contributed by atoms with Gasteiger partial charge >= 0.3 is 51.4 Å². The van der Waals surface area contributed by atoms with Crippen LogP contribution in [0.4, 0.5) is 17.5 Å². The molecule has 0 saturated carbocycles. The number of fused-ring (bicyclic) bond motifs is 1. The maximum absolute atomic E-state index is 12.3. The first-order chi connectivity index (χ1) is 15.2. The van der Waals surface area contributed by atoms with Crippen LogP contribution in [0.15, 0.2) is 41.3 Å². The molecule has 0 aliphatic carbocycles. The van der Waals surface area contributed by atoms with Gasteiger partial charge in [0.25, 0.3) is 5.56 Å². The van der Waals surface area contributed by atoms with Crippen LogP contribution in [-0.2, 0) is 4.84 Å². The predicted molar refractivity (Wildman–Crippen MR) is 125 cm³/mol. The molecular formula is C22H30KN7O2. The minimum Gasteiger partial charge on any atom is -0.537 e. The Morgan fingerprint density at radius 2 is 2.00 bits per heavy atom. The molecule has 0 atom stereocenters. The van der Waals surface area contributed by atoms with Crippen LogP contribution in [0.25, 0.3) is 16.4 Å². The molecule has 32 heavy (non-hydrogen) atoms. The van der Waals surface area contributed by atoms with Gasteiger partial charge in [0.1, 0.15) is 11.2 Å². The summed E-state index contributed by atoms with van der Waals surface area (Å²) in [5, 5.41) is 10.0. The van der Waals surface area contributed by atoms with Crippen LogP contribution in [0.5, 0.6) is 0 Å². The molecule has 0 unspecified atom stereocenters. The molecule has 1 aromatic carbocycles. The van der Waals surface area contributed by atoms with Crippen molar-refractivity contribution in [3.8, 4) is 0 Å². The van der Waals surface area contributed by atoms with Crippen molar-refractivity contribution in [2.45, 2.75) is 26.2 Å². The Kier molecular flexibility index (Phi) is 12.4. The summed E-state index contributed by atoms with van der Waals surface area (Å²) >= 11 is 0. The van der Waals surface area contributed by atoms with Gasteiger partial charge in [-0.1, -0.05) is 12.1 Å². The number of hydroxylamine groups is 1. The van der Waals surface area contributed by atoms with Crippen molar-refractivity contribution >= 4 is 28.4 Å². The number of nitrogens with one attached hydrogen (secondary N) is 4. The van der Waals surface area contributed by atoms with E-state index in [0.29, 0.717) is 35.8 Å². The summed E-state index contributed by atoms with van der Waals surface area (Å²) in [4.78, 5) is 28.8. The Balaban J connectivity index is 0.000000534. The number of rotatable bonds is 8. The topological polar surface area (TPSA) is 118 Å². The van der Waals surface area contributed by atoms with E-state index in [9.17, 15) is 4.79 Å². The third kappa shape index (κ3) is 8.52. The first kappa shape index (κ1) is 26.9. The number of hydrogen-bond acceptors (Lipinski definition) is 7. The van der Waals surface area contributed by atoms with Crippen LogP contribution >= 0.6 is 0 Å². The number of aromatic amines is 1. The van der Waals surface area contributed by atoms with Gasteiger partial charge < -0.3 is 31.3 Å². The summed E-state index contributed by atoms with van der Waals surface area (Å²) in [6.07, 6.45) is 5.11. The fraction of sp³-hybridized carbons (Fsp3) is 0.409. The molecule has 4 rings (SSSR count). The van der Waals surface area contributed by atoms with Gasteiger partial charge in [-0.15, -0.1) is 7.05 Å². The Labute approximate surface area is 230 Å². The van der Waals surface area contributed by atoms with E-state index in [1.54, 1.807) is 19.3 Å². The average Bonchev–Trinajstić information content (AvgIpc) is 3.34. The van der Waals surface area contributed by atoms with E-state index >= 15 is 0 Å². The minimum absolute atomic E-state index is 0. The number of nitrogens with zero attached hydrogens (tertiary/aromatic N) is 3. The molecule has 2 aromatic heterocycles. The standard InChI is InChI=1S/C18H21N6O2.C4H9N.K/c1-12-5-3-6-13(11-12)22-16-15-14(7-9-20-17(15)25)23-18(24-16)21-8-4-10-26-19-2;1-2-4-5-3-1;/h3,5-7,9,11H,4,8,10H2,1-2H3,(H,20,25)(H2,21,22,23,24);5H,1-4H2;/q-1;;+1. The zero-order valence-electron chi connectivity index (χ0n) is 19.1. The van der Waals surface area contributed by atoms with Crippen LogP contribution < -0.4 is 72.9 Å². The molecule has 3 aromatic rings. The zero-order valence-corrected chi connectivity index (χ0v) is 22.2. The molecular weight excluding hydrogens is 433 g/mol. The Bertz CT molecular complexity index is 1020. The van der Waals surface area contributed by atoms with Crippen molar-refractivity contribution in [3.05, 3.63) is 57.9 Å². The number of pyridine rings is 1. The molecule has 0 bridgehead atoms. The normalized spacial score (nSPS) is 12.6. The number of aryl methyl sites for hydroxylation is 1. The van der Waals surface area contributed by atoms with E-state index in [2.05, 4.69) is 36.4 Å². The second kappa shape index (κ2) is 14.7. The molecule has 1 saturated heterocycles. The van der Waals surface area contributed by atoms with Gasteiger partial charge in [-0.25, -0.2) is 4.98 Å². The molecule has 166 valence electrons. The zero-order chi connectivity index (χ0) is 21.9. The van der Waals surface area contributed by atoms with Crippen LogP contribution in [0.3, 0.4) is 0 Å². The van der Waals surface area contributed by atoms with Crippen molar-refractivity contribution in [1.29, 1.82) is 0 Å². The van der Waals surface area contributed by atoms with E-state index in [1.807, 2.05) is 31.2 Å². The summed E-state index contributed by atoms with van der Waals surface area (Å²) < 4.78 is 0. The van der Waals surface area contributed by atoms with E-state index in [4.69, 9.17) is 4.84 Å². The fourth-order valence-electron chi connectivity index (χ4n) is 3.17. The summed E-state index contributed by atoms with van der Waals surface area (Å²) in [6, 6.07) is 9.63. The molecule has 1 aliphatic heterocycles. The van der Waals surface area contributed by atoms with Crippen LogP contribution in [0.2, 0.25) is 0 Å². The monoisotopic (exact) mass is 463 g/mol. The molecule has 0 spiro atoms. The molecule has 3 heterocycles. The van der Waals surface area contributed by atoms with Gasteiger partial charge in [-0.3, -0.25) is 4.79 Å². The van der Waals surface area contributed by atoms with Crippen LogP contribution in [0, 0.1) is 6.92 Å². The Hall–Kier alpha value is -1.37. The van der Waals surface area contributed by atoms with Crippen LogP contribution in [-0.4, -0.2) is 48.2 Å². The molecule has 4 N–H and O–H groups in total. The van der Waals surface area contributed by atoms with Gasteiger partial charge in [0.05, 0.1) is 5.52 Å². The smallest absolute Gasteiger partial charge is 0.537 e. The number of benzene rings is 1. The number of hydrogen-bond donors (Lipinski definition) is 4. The summed E-state index contributed by atoms with van der Waals surface area (Å²) in [5.41, 5.74) is 5.90. The second-order valence-corrected chi connectivity index (χ2v) is 7.21. The maximum atomic E-state index is 12.3. The van der Waals surface area contributed by atoms with Gasteiger partial charge in [-0.2, -0.15) is 4.98 Å². The SMILES string of the molecule is C1CCNC1.C[N-]OCCCNc1nc(Nc2cccc(C)c2)c2c(=O)[nH]ccc2n1.[K+]. The fourth-order valence-corrected chi connectivity index (χ4v) is 3.17. The van der Waals surface area contributed by atoms with Gasteiger partial charge in [0.15, 0.2) is 0 Å². The maximum Gasteiger partial charge on any atom is 1.00 e. The largest absolute Gasteiger partial charge is 1.00 e. The first-order valence-electron chi connectivity index (χ1n) is 10.6. The van der Waals surface area contributed by atoms with Crippen molar-refractivity contribution in [3.63, 3.8) is 0 Å². The first-order valence-corrected chi connectivity index (χ1v) is 10.6. The van der Waals surface area contributed by atoms with Crippen molar-refractivity contribution < 1.29 is 56.2 Å². The molecule has 10 heteroatoms. The number of aromatic nitrogens is 3. The molecule has 0 amide bonds. The van der Waals surface area contributed by atoms with Gasteiger partial charge in [0, 0.05) is 25.0 Å². The predicted octanol–water partition coefficient (Wildman–Crippen LogP) is 0.481. The van der Waals surface area contributed by atoms with E-state index in [-0.39, 0.29) is 56.9 Å². The summed E-state index contributed by atoms with van der Waals surface area (Å²) in [6.45, 7) is 5.66. The third-order valence-electron chi connectivity index (χ3n) is 4.68. The molecule has 0 radical (unpaired) electrons. The van der Waals surface area contributed by atoms with Crippen molar-refractivity contribution in [2.75, 3.05) is 43.9 Å². The van der Waals surface area contributed by atoms with E-state index in [1.165, 1.54) is 25.9 Å². The summed E-state index contributed by atoms with van der Waals surface area (Å²) in [5.74, 6) is 0.913. The van der Waals surface area contributed by atoms with Crippen molar-refractivity contribution in [2.24, 2.45) is 0 Å². The molecule has 9 nitrogen and oxygen atoms in total. The summed E-state index contributed by atoms with van der Waals surface area (Å²) in [7, 11) is 1.60. The Morgan fingerprint density at radius 1 is 1.19 bits per heavy atom. The number of H-pyrrole nitrogens is 1. The second-order valence-electron chi connectivity index (χ2n) is 7.21. The Morgan fingerprint density at radius 3 is 2.69 bits per heavy atom. The molecule has 1 aliphatic rings. The van der Waals surface area contributed by atoms with E-state index < -0.39 is 0 Å². The molecule has 1 fully saturated rings. The van der Waals surface area contributed by atoms with Crippen molar-refractivity contribution in [1.82, 2.24) is 20.3 Å². The van der Waals surface area contributed by atoms with E-state index in [0.717, 1.165) is 17.7 Å². The average molecular weight is 464 g/mol. The quantitative estimate of drug-likeness (QED) is 0.218. The minimum atomic E-state index is -0.234. The van der Waals surface area contributed by atoms with Gasteiger partial charge in [-0.05, 0) is 63.0 Å². The van der Waals surface area contributed by atoms with Crippen LogP contribution in [0.1, 0.15) is 24.8 Å². The van der Waals surface area contributed by atoms with Gasteiger partial charge in [0.2, 0.25) is 5.95 Å². The third-order valence-corrected chi connectivity index (χ3v) is 4.68.